The molecular formula is C15H19N5. The Morgan fingerprint density at radius 2 is 2.05 bits per heavy atom. The van der Waals surface area contributed by atoms with Gasteiger partial charge in [0.2, 0.25) is 0 Å². The molecule has 2 aromatic rings. The van der Waals surface area contributed by atoms with E-state index < -0.39 is 0 Å². The second-order valence-electron chi connectivity index (χ2n) is 5.32. The van der Waals surface area contributed by atoms with Crippen molar-refractivity contribution in [2.24, 2.45) is 5.84 Å². The van der Waals surface area contributed by atoms with Crippen LogP contribution >= 0.6 is 0 Å². The lowest BCUT2D eigenvalue weighted by atomic mass is 10.0. The van der Waals surface area contributed by atoms with Crippen molar-refractivity contribution in [3.63, 3.8) is 0 Å². The topological polar surface area (TPSA) is 76.7 Å². The van der Waals surface area contributed by atoms with Gasteiger partial charge in [-0.25, -0.2) is 15.8 Å². The Morgan fingerprint density at radius 1 is 1.25 bits per heavy atom. The lowest BCUT2D eigenvalue weighted by Crippen LogP contribution is -2.11. The zero-order valence-electron chi connectivity index (χ0n) is 11.6. The number of nitrogen functional groups attached to an aromatic ring is 1. The van der Waals surface area contributed by atoms with Gasteiger partial charge in [0.05, 0.1) is 0 Å². The van der Waals surface area contributed by atoms with Crippen molar-refractivity contribution >= 4 is 5.82 Å². The lowest BCUT2D eigenvalue weighted by molar-refractivity contribution is 0.695. The minimum atomic E-state index is 0.529. The maximum atomic E-state index is 5.55. The van der Waals surface area contributed by atoms with Gasteiger partial charge in [-0.15, -0.1) is 0 Å². The van der Waals surface area contributed by atoms with Crippen LogP contribution < -0.4 is 11.3 Å². The van der Waals surface area contributed by atoms with E-state index in [1.807, 2.05) is 25.3 Å². The molecular weight excluding hydrogens is 250 g/mol. The van der Waals surface area contributed by atoms with Crippen LogP contribution in [0.1, 0.15) is 42.9 Å². The number of anilines is 1. The van der Waals surface area contributed by atoms with Crippen LogP contribution in [0, 0.1) is 6.92 Å². The van der Waals surface area contributed by atoms with Crippen LogP contribution in [0.3, 0.4) is 0 Å². The van der Waals surface area contributed by atoms with Gasteiger partial charge in [0.1, 0.15) is 5.82 Å². The molecule has 1 saturated carbocycles. The van der Waals surface area contributed by atoms with E-state index in [-0.39, 0.29) is 0 Å². The monoisotopic (exact) mass is 269 g/mol. The van der Waals surface area contributed by atoms with Gasteiger partial charge in [-0.1, -0.05) is 12.8 Å². The third kappa shape index (κ3) is 2.49. The molecule has 2 aromatic heterocycles. The maximum Gasteiger partial charge on any atom is 0.163 e. The van der Waals surface area contributed by atoms with Crippen LogP contribution in [0.25, 0.3) is 11.4 Å². The zero-order chi connectivity index (χ0) is 13.9. The number of hydrogen-bond donors (Lipinski definition) is 2. The van der Waals surface area contributed by atoms with Crippen LogP contribution in [0.5, 0.6) is 0 Å². The maximum absolute atomic E-state index is 5.55. The summed E-state index contributed by atoms with van der Waals surface area (Å²) in [6.45, 7) is 2.04. The smallest absolute Gasteiger partial charge is 0.163 e. The van der Waals surface area contributed by atoms with Gasteiger partial charge in [-0.05, 0) is 31.4 Å². The summed E-state index contributed by atoms with van der Waals surface area (Å²) in [6.07, 6.45) is 8.55. The number of hydrazine groups is 1. The molecule has 3 rings (SSSR count). The third-order valence-electron chi connectivity index (χ3n) is 3.95. The van der Waals surface area contributed by atoms with Gasteiger partial charge in [0, 0.05) is 35.6 Å². The van der Waals surface area contributed by atoms with E-state index >= 15 is 0 Å². The Hall–Kier alpha value is -2.01. The van der Waals surface area contributed by atoms with Crippen LogP contribution in [-0.2, 0) is 0 Å². The molecule has 2 heterocycles. The normalized spacial score (nSPS) is 15.5. The summed E-state index contributed by atoms with van der Waals surface area (Å²) in [5.41, 5.74) is 5.81. The molecule has 0 atom stereocenters. The van der Waals surface area contributed by atoms with Gasteiger partial charge in [-0.3, -0.25) is 4.98 Å². The van der Waals surface area contributed by atoms with Crippen molar-refractivity contribution in [1.82, 2.24) is 15.0 Å². The van der Waals surface area contributed by atoms with Crippen molar-refractivity contribution in [1.29, 1.82) is 0 Å². The average molecular weight is 269 g/mol. The zero-order valence-corrected chi connectivity index (χ0v) is 11.6. The van der Waals surface area contributed by atoms with Crippen molar-refractivity contribution in [2.45, 2.75) is 38.5 Å². The van der Waals surface area contributed by atoms with E-state index in [0.717, 1.165) is 16.8 Å². The second-order valence-corrected chi connectivity index (χ2v) is 5.32. The molecule has 104 valence electrons. The molecule has 0 bridgehead atoms. The molecule has 0 spiro atoms. The van der Waals surface area contributed by atoms with Crippen molar-refractivity contribution in [3.05, 3.63) is 35.8 Å². The standard InChI is InChI=1S/C15H19N5/c1-10-6-7-17-9-12(10)15-18-13(8-14(19-15)20-16)11-4-2-3-5-11/h6-9,11H,2-5,16H2,1H3,(H,18,19,20). The molecule has 0 saturated heterocycles. The first-order chi connectivity index (χ1) is 9.78. The van der Waals surface area contributed by atoms with Crippen LogP contribution in [0.2, 0.25) is 0 Å². The quantitative estimate of drug-likeness (QED) is 0.662. The predicted molar refractivity (Wildman–Crippen MR) is 79.0 cm³/mol. The largest absolute Gasteiger partial charge is 0.308 e. The first-order valence-corrected chi connectivity index (χ1v) is 7.04. The number of nitrogens with two attached hydrogens (primary N) is 1. The highest BCUT2D eigenvalue weighted by Gasteiger charge is 2.20. The number of rotatable bonds is 3. The van der Waals surface area contributed by atoms with Gasteiger partial charge < -0.3 is 5.43 Å². The van der Waals surface area contributed by atoms with E-state index in [9.17, 15) is 0 Å². The Morgan fingerprint density at radius 3 is 2.75 bits per heavy atom. The highest BCUT2D eigenvalue weighted by atomic mass is 15.3. The molecule has 1 fully saturated rings. The van der Waals surface area contributed by atoms with Crippen molar-refractivity contribution < 1.29 is 0 Å². The average Bonchev–Trinajstić information content (AvgIpc) is 3.01. The van der Waals surface area contributed by atoms with Crippen molar-refractivity contribution in [2.75, 3.05) is 5.43 Å². The summed E-state index contributed by atoms with van der Waals surface area (Å²) >= 11 is 0. The number of nitrogens with one attached hydrogen (secondary N) is 1. The summed E-state index contributed by atoms with van der Waals surface area (Å²) in [6, 6.07) is 3.93. The highest BCUT2D eigenvalue weighted by Crippen LogP contribution is 2.34. The first kappa shape index (κ1) is 13.0. The van der Waals surface area contributed by atoms with E-state index in [1.54, 1.807) is 6.20 Å². The molecule has 5 heteroatoms. The Balaban J connectivity index is 2.06. The molecule has 0 aromatic carbocycles. The Bertz CT molecular complexity index is 605. The molecule has 3 N–H and O–H groups in total. The molecule has 0 unspecified atom stereocenters. The Labute approximate surface area is 118 Å². The summed E-state index contributed by atoms with van der Waals surface area (Å²) < 4.78 is 0. The second kappa shape index (κ2) is 5.54. The molecule has 5 nitrogen and oxygen atoms in total. The number of nitrogens with zero attached hydrogens (tertiary/aromatic N) is 3. The number of pyridine rings is 1. The lowest BCUT2D eigenvalue weighted by Gasteiger charge is -2.13. The van der Waals surface area contributed by atoms with Gasteiger partial charge in [0.15, 0.2) is 5.82 Å². The Kier molecular flexibility index (Phi) is 3.60. The molecule has 20 heavy (non-hydrogen) atoms. The van der Waals surface area contributed by atoms with Crippen LogP contribution in [0.4, 0.5) is 5.82 Å². The number of hydrogen-bond acceptors (Lipinski definition) is 5. The van der Waals surface area contributed by atoms with Crippen molar-refractivity contribution in [3.8, 4) is 11.4 Å². The van der Waals surface area contributed by atoms with Gasteiger partial charge >= 0.3 is 0 Å². The van der Waals surface area contributed by atoms with Gasteiger partial charge in [-0.2, -0.15) is 0 Å². The summed E-state index contributed by atoms with van der Waals surface area (Å²) in [5, 5.41) is 0. The number of aromatic nitrogens is 3. The molecule has 1 aliphatic carbocycles. The molecule has 1 aliphatic rings. The summed E-state index contributed by atoms with van der Waals surface area (Å²) in [4.78, 5) is 13.4. The molecule has 0 aliphatic heterocycles. The van der Waals surface area contributed by atoms with Gasteiger partial charge in [0.25, 0.3) is 0 Å². The fourth-order valence-electron chi connectivity index (χ4n) is 2.79. The molecule has 0 amide bonds. The van der Waals surface area contributed by atoms with E-state index in [4.69, 9.17) is 10.8 Å². The predicted octanol–water partition coefficient (Wildman–Crippen LogP) is 2.79. The van der Waals surface area contributed by atoms with E-state index in [0.29, 0.717) is 17.6 Å². The summed E-state index contributed by atoms with van der Waals surface area (Å²) in [5.74, 6) is 7.44. The van der Waals surface area contributed by atoms with E-state index in [2.05, 4.69) is 15.4 Å². The van der Waals surface area contributed by atoms with Crippen LogP contribution in [-0.4, -0.2) is 15.0 Å². The minimum Gasteiger partial charge on any atom is -0.308 e. The fourth-order valence-corrected chi connectivity index (χ4v) is 2.79. The summed E-state index contributed by atoms with van der Waals surface area (Å²) in [7, 11) is 0. The molecule has 0 radical (unpaired) electrons. The third-order valence-corrected chi connectivity index (χ3v) is 3.95. The minimum absolute atomic E-state index is 0.529. The number of aryl methyl sites for hydroxylation is 1. The fraction of sp³-hybridized carbons (Fsp3) is 0.400. The van der Waals surface area contributed by atoms with Crippen LogP contribution in [0.15, 0.2) is 24.5 Å². The first-order valence-electron chi connectivity index (χ1n) is 7.04. The van der Waals surface area contributed by atoms with E-state index in [1.165, 1.54) is 25.7 Å². The highest BCUT2D eigenvalue weighted by molar-refractivity contribution is 5.60. The SMILES string of the molecule is Cc1ccncc1-c1nc(NN)cc(C2CCCC2)n1.